The van der Waals surface area contributed by atoms with Gasteiger partial charge in [-0.15, -0.1) is 0 Å². The number of nitriles is 1. The molecule has 0 fully saturated rings. The second kappa shape index (κ2) is 5.13. The van der Waals surface area contributed by atoms with Gasteiger partial charge >= 0.3 is 0 Å². The number of hydrogen-bond donors (Lipinski definition) is 1. The minimum Gasteiger partial charge on any atom is -0.297 e. The molecule has 1 N–H and O–H groups in total. The van der Waals surface area contributed by atoms with Crippen LogP contribution in [0.3, 0.4) is 0 Å². The summed E-state index contributed by atoms with van der Waals surface area (Å²) >= 11 is 0. The van der Waals surface area contributed by atoms with Gasteiger partial charge in [0.15, 0.2) is 0 Å². The highest BCUT2D eigenvalue weighted by Crippen LogP contribution is 2.11. The lowest BCUT2D eigenvalue weighted by Crippen LogP contribution is -2.45. The highest BCUT2D eigenvalue weighted by molar-refractivity contribution is 5.05. The van der Waals surface area contributed by atoms with Gasteiger partial charge in [0.2, 0.25) is 0 Å². The molecule has 1 unspecified atom stereocenters. The van der Waals surface area contributed by atoms with Gasteiger partial charge in [-0.3, -0.25) is 10.00 Å². The van der Waals surface area contributed by atoms with E-state index in [2.05, 4.69) is 16.5 Å². The van der Waals surface area contributed by atoms with Crippen LogP contribution in [0.2, 0.25) is 0 Å². The predicted molar refractivity (Wildman–Crippen MR) is 63.9 cm³/mol. The van der Waals surface area contributed by atoms with E-state index in [1.165, 1.54) is 0 Å². The summed E-state index contributed by atoms with van der Waals surface area (Å²) < 4.78 is 1.88. The molecule has 0 saturated carbocycles. The van der Waals surface area contributed by atoms with Crippen molar-refractivity contribution in [3.8, 4) is 6.07 Å². The van der Waals surface area contributed by atoms with Crippen LogP contribution in [0.25, 0.3) is 0 Å². The molecule has 0 aromatic carbocycles. The normalized spacial score (nSPS) is 14.8. The van der Waals surface area contributed by atoms with E-state index in [0.717, 1.165) is 18.5 Å². The first-order valence-electron chi connectivity index (χ1n) is 5.63. The zero-order valence-electron chi connectivity index (χ0n) is 10.5. The Morgan fingerprint density at radius 3 is 2.75 bits per heavy atom. The van der Waals surface area contributed by atoms with Crippen molar-refractivity contribution in [1.29, 1.82) is 5.26 Å². The molecule has 0 saturated heterocycles. The molecule has 88 valence electrons. The van der Waals surface area contributed by atoms with Gasteiger partial charge in [0.05, 0.1) is 12.3 Å². The summed E-state index contributed by atoms with van der Waals surface area (Å²) in [7, 11) is 0. The Bertz CT molecular complexity index is 375. The number of nitrogens with zero attached hydrogens (tertiary/aromatic N) is 3. The first kappa shape index (κ1) is 12.7. The molecule has 0 aliphatic carbocycles. The number of nitrogens with one attached hydrogen (secondary N) is 1. The summed E-state index contributed by atoms with van der Waals surface area (Å²) in [6.45, 7) is 8.81. The van der Waals surface area contributed by atoms with Gasteiger partial charge in [-0.2, -0.15) is 10.4 Å². The van der Waals surface area contributed by atoms with Crippen molar-refractivity contribution in [2.75, 3.05) is 0 Å². The van der Waals surface area contributed by atoms with Gasteiger partial charge in [0, 0.05) is 18.8 Å². The zero-order chi connectivity index (χ0) is 12.2. The van der Waals surface area contributed by atoms with Gasteiger partial charge in [-0.05, 0) is 39.7 Å². The summed E-state index contributed by atoms with van der Waals surface area (Å²) in [4.78, 5) is 0. The highest BCUT2D eigenvalue weighted by atomic mass is 15.3. The standard InChI is InChI=1S/C12H20N4/c1-10(2)15-12(4,9-13)5-6-16-8-11(3)7-14-16/h7-8,10,15H,5-6H2,1-4H3. The zero-order valence-corrected chi connectivity index (χ0v) is 10.5. The molecule has 1 aromatic rings. The van der Waals surface area contributed by atoms with Crippen LogP contribution in [-0.4, -0.2) is 21.4 Å². The maximum Gasteiger partial charge on any atom is 0.105 e. The molecule has 16 heavy (non-hydrogen) atoms. The maximum atomic E-state index is 9.18. The third kappa shape index (κ3) is 3.67. The monoisotopic (exact) mass is 220 g/mol. The molecule has 0 bridgehead atoms. The van der Waals surface area contributed by atoms with Gasteiger partial charge in [0.1, 0.15) is 5.54 Å². The van der Waals surface area contributed by atoms with Gasteiger partial charge in [-0.25, -0.2) is 0 Å². The third-order valence-corrected chi connectivity index (χ3v) is 2.46. The molecular weight excluding hydrogens is 200 g/mol. The Kier molecular flexibility index (Phi) is 4.08. The largest absolute Gasteiger partial charge is 0.297 e. The molecule has 1 aromatic heterocycles. The van der Waals surface area contributed by atoms with E-state index in [-0.39, 0.29) is 0 Å². The van der Waals surface area contributed by atoms with Crippen LogP contribution >= 0.6 is 0 Å². The van der Waals surface area contributed by atoms with Crippen LogP contribution in [0.4, 0.5) is 0 Å². The average molecular weight is 220 g/mol. The van der Waals surface area contributed by atoms with Crippen molar-refractivity contribution in [1.82, 2.24) is 15.1 Å². The molecule has 0 aliphatic rings. The fourth-order valence-corrected chi connectivity index (χ4v) is 1.72. The summed E-state index contributed by atoms with van der Waals surface area (Å²) in [6, 6.07) is 2.64. The van der Waals surface area contributed by atoms with Crippen molar-refractivity contribution in [2.24, 2.45) is 0 Å². The van der Waals surface area contributed by atoms with E-state index in [1.54, 1.807) is 0 Å². The molecule has 1 atom stereocenters. The second-order valence-electron chi connectivity index (χ2n) is 4.77. The highest BCUT2D eigenvalue weighted by Gasteiger charge is 2.23. The number of hydrogen-bond acceptors (Lipinski definition) is 3. The Morgan fingerprint density at radius 1 is 1.62 bits per heavy atom. The van der Waals surface area contributed by atoms with Crippen molar-refractivity contribution < 1.29 is 0 Å². The minimum absolute atomic E-state index is 0.309. The van der Waals surface area contributed by atoms with Gasteiger partial charge in [0.25, 0.3) is 0 Å². The average Bonchev–Trinajstić information content (AvgIpc) is 2.60. The quantitative estimate of drug-likeness (QED) is 0.824. The van der Waals surface area contributed by atoms with E-state index in [1.807, 2.05) is 44.8 Å². The van der Waals surface area contributed by atoms with E-state index in [9.17, 15) is 5.26 Å². The van der Waals surface area contributed by atoms with E-state index in [4.69, 9.17) is 0 Å². The van der Waals surface area contributed by atoms with Crippen LogP contribution < -0.4 is 5.32 Å². The molecule has 0 radical (unpaired) electrons. The van der Waals surface area contributed by atoms with Crippen molar-refractivity contribution in [3.05, 3.63) is 18.0 Å². The van der Waals surface area contributed by atoms with Crippen LogP contribution in [0.1, 0.15) is 32.8 Å². The first-order chi connectivity index (χ1) is 7.45. The Morgan fingerprint density at radius 2 is 2.31 bits per heavy atom. The molecule has 1 heterocycles. The summed E-state index contributed by atoms with van der Waals surface area (Å²) in [5.41, 5.74) is 0.670. The summed E-state index contributed by atoms with van der Waals surface area (Å²) in [5.74, 6) is 0. The third-order valence-electron chi connectivity index (χ3n) is 2.46. The van der Waals surface area contributed by atoms with Crippen LogP contribution in [0.15, 0.2) is 12.4 Å². The lowest BCUT2D eigenvalue weighted by molar-refractivity contribution is 0.355. The molecule has 4 heteroatoms. The van der Waals surface area contributed by atoms with Crippen LogP contribution in [0, 0.1) is 18.3 Å². The Labute approximate surface area is 97.3 Å². The molecule has 0 spiro atoms. The van der Waals surface area contributed by atoms with E-state index >= 15 is 0 Å². The topological polar surface area (TPSA) is 53.6 Å². The maximum absolute atomic E-state index is 9.18. The van der Waals surface area contributed by atoms with E-state index < -0.39 is 5.54 Å². The molecular formula is C12H20N4. The molecule has 0 aliphatic heterocycles. The predicted octanol–water partition coefficient (Wildman–Crippen LogP) is 1.86. The fraction of sp³-hybridized carbons (Fsp3) is 0.667. The Hall–Kier alpha value is -1.34. The van der Waals surface area contributed by atoms with Crippen molar-refractivity contribution in [2.45, 2.75) is 52.2 Å². The molecule has 4 nitrogen and oxygen atoms in total. The molecule has 1 rings (SSSR count). The first-order valence-corrected chi connectivity index (χ1v) is 5.63. The van der Waals surface area contributed by atoms with Crippen LogP contribution in [0.5, 0.6) is 0 Å². The van der Waals surface area contributed by atoms with Gasteiger partial charge in [-0.1, -0.05) is 0 Å². The second-order valence-corrected chi connectivity index (χ2v) is 4.77. The fourth-order valence-electron chi connectivity index (χ4n) is 1.72. The minimum atomic E-state index is -0.478. The Balaban J connectivity index is 2.55. The summed E-state index contributed by atoms with van der Waals surface area (Å²) in [6.07, 6.45) is 4.58. The van der Waals surface area contributed by atoms with Crippen molar-refractivity contribution in [3.63, 3.8) is 0 Å². The number of aryl methyl sites for hydroxylation is 2. The number of rotatable bonds is 5. The SMILES string of the molecule is Cc1cnn(CCC(C)(C#N)NC(C)C)c1. The molecule has 0 amide bonds. The van der Waals surface area contributed by atoms with E-state index in [0.29, 0.717) is 6.04 Å². The smallest absolute Gasteiger partial charge is 0.105 e. The van der Waals surface area contributed by atoms with Crippen molar-refractivity contribution >= 4 is 0 Å². The number of aromatic nitrogens is 2. The lowest BCUT2D eigenvalue weighted by Gasteiger charge is -2.25. The lowest BCUT2D eigenvalue weighted by atomic mass is 9.99. The van der Waals surface area contributed by atoms with Gasteiger partial charge < -0.3 is 0 Å². The summed E-state index contributed by atoms with van der Waals surface area (Å²) in [5, 5.41) is 16.7. The van der Waals surface area contributed by atoms with Crippen LogP contribution in [-0.2, 0) is 6.54 Å².